The number of cyclic esters (lactones) is 1. The van der Waals surface area contributed by atoms with Crippen molar-refractivity contribution in [2.24, 2.45) is 4.99 Å². The number of carbonyl (C=O) groups is 2. The molecule has 0 N–H and O–H groups in total. The van der Waals surface area contributed by atoms with Crippen molar-refractivity contribution < 1.29 is 23.8 Å². The van der Waals surface area contributed by atoms with Crippen molar-refractivity contribution in [1.29, 1.82) is 0 Å². The lowest BCUT2D eigenvalue weighted by Crippen LogP contribution is -2.09. The Balaban J connectivity index is 1.68. The van der Waals surface area contributed by atoms with E-state index in [1.165, 1.54) is 13.2 Å². The van der Waals surface area contributed by atoms with Crippen LogP contribution in [0.1, 0.15) is 21.5 Å². The van der Waals surface area contributed by atoms with Gasteiger partial charge in [-0.2, -0.15) is 0 Å². The van der Waals surface area contributed by atoms with Crippen molar-refractivity contribution in [2.75, 3.05) is 7.11 Å². The lowest BCUT2D eigenvalue weighted by atomic mass is 10.1. The first-order valence-corrected chi connectivity index (χ1v) is 11.4. The topological polar surface area (TPSA) is 74.2 Å². The van der Waals surface area contributed by atoms with E-state index < -0.39 is 11.9 Å². The average Bonchev–Trinajstić information content (AvgIpc) is 3.16. The summed E-state index contributed by atoms with van der Waals surface area (Å²) in [6, 6.07) is 16.8. The summed E-state index contributed by atoms with van der Waals surface area (Å²) in [6.45, 7) is 0. The summed E-state index contributed by atoms with van der Waals surface area (Å²) in [5, 5.41) is 0.441. The quantitative estimate of drug-likeness (QED) is 0.194. The highest BCUT2D eigenvalue weighted by Gasteiger charge is 2.27. The molecule has 4 rings (SSSR count). The Morgan fingerprint density at radius 2 is 1.70 bits per heavy atom. The number of rotatable bonds is 5. The number of hydrogen-bond acceptors (Lipinski definition) is 6. The first-order chi connectivity index (χ1) is 15.8. The molecule has 3 aromatic carbocycles. The number of methoxy groups -OCH3 is 1. The summed E-state index contributed by atoms with van der Waals surface area (Å²) in [7, 11) is 1.49. The van der Waals surface area contributed by atoms with Crippen LogP contribution in [0.25, 0.3) is 6.08 Å². The second-order valence-electron chi connectivity index (χ2n) is 6.76. The predicted octanol–water partition coefficient (Wildman–Crippen LogP) is 6.44. The molecule has 0 saturated heterocycles. The lowest BCUT2D eigenvalue weighted by molar-refractivity contribution is -0.129. The Bertz CT molecular complexity index is 1320. The van der Waals surface area contributed by atoms with Crippen LogP contribution in [0.5, 0.6) is 11.5 Å². The second-order valence-corrected chi connectivity index (χ2v) is 9.03. The van der Waals surface area contributed by atoms with Crippen LogP contribution in [0, 0.1) is 0 Å². The van der Waals surface area contributed by atoms with Gasteiger partial charge in [0.25, 0.3) is 0 Å². The van der Waals surface area contributed by atoms with E-state index in [4.69, 9.17) is 25.8 Å². The SMILES string of the molecule is COc1ccc(Cl)cc1C1=N/C(=C\c2cc(Br)ccc2OC(=O)c2ccc(Br)cc2)C(=O)O1. The molecule has 0 amide bonds. The number of ether oxygens (including phenoxy) is 3. The predicted molar refractivity (Wildman–Crippen MR) is 132 cm³/mol. The molecule has 6 nitrogen and oxygen atoms in total. The van der Waals surface area contributed by atoms with Gasteiger partial charge in [-0.3, -0.25) is 0 Å². The van der Waals surface area contributed by atoms with Crippen molar-refractivity contribution in [3.8, 4) is 11.5 Å². The largest absolute Gasteiger partial charge is 0.496 e. The Labute approximate surface area is 211 Å². The number of hydrogen-bond donors (Lipinski definition) is 0. The van der Waals surface area contributed by atoms with Crippen LogP contribution in [0.3, 0.4) is 0 Å². The maximum Gasteiger partial charge on any atom is 0.363 e. The molecule has 0 saturated carbocycles. The lowest BCUT2D eigenvalue weighted by Gasteiger charge is -2.08. The average molecular weight is 592 g/mol. The van der Waals surface area contributed by atoms with Crippen molar-refractivity contribution in [2.45, 2.75) is 0 Å². The Morgan fingerprint density at radius 1 is 1.00 bits per heavy atom. The van der Waals surface area contributed by atoms with E-state index in [9.17, 15) is 9.59 Å². The monoisotopic (exact) mass is 589 g/mol. The normalized spacial score (nSPS) is 14.1. The third-order valence-electron chi connectivity index (χ3n) is 4.56. The Kier molecular flexibility index (Phi) is 6.97. The fourth-order valence-electron chi connectivity index (χ4n) is 2.99. The summed E-state index contributed by atoms with van der Waals surface area (Å²) >= 11 is 12.8. The smallest absolute Gasteiger partial charge is 0.363 e. The zero-order chi connectivity index (χ0) is 23.5. The molecular weight excluding hydrogens is 578 g/mol. The molecule has 0 fully saturated rings. The van der Waals surface area contributed by atoms with Crippen LogP contribution < -0.4 is 9.47 Å². The first-order valence-electron chi connectivity index (χ1n) is 9.48. The highest BCUT2D eigenvalue weighted by molar-refractivity contribution is 9.10. The summed E-state index contributed by atoms with van der Waals surface area (Å²) in [5.41, 5.74) is 1.32. The van der Waals surface area contributed by atoms with Gasteiger partial charge in [-0.05, 0) is 66.7 Å². The molecule has 9 heteroatoms. The van der Waals surface area contributed by atoms with E-state index in [2.05, 4.69) is 36.9 Å². The highest BCUT2D eigenvalue weighted by Crippen LogP contribution is 2.31. The van der Waals surface area contributed by atoms with Crippen molar-refractivity contribution in [3.05, 3.63) is 97.0 Å². The van der Waals surface area contributed by atoms with Crippen LogP contribution >= 0.6 is 43.5 Å². The number of halogens is 3. The highest BCUT2D eigenvalue weighted by atomic mass is 79.9. The third-order valence-corrected chi connectivity index (χ3v) is 5.82. The van der Waals surface area contributed by atoms with Crippen LogP contribution in [-0.2, 0) is 9.53 Å². The fourth-order valence-corrected chi connectivity index (χ4v) is 3.80. The minimum Gasteiger partial charge on any atom is -0.496 e. The third kappa shape index (κ3) is 5.35. The summed E-state index contributed by atoms with van der Waals surface area (Å²) in [4.78, 5) is 29.4. The van der Waals surface area contributed by atoms with E-state index in [0.29, 0.717) is 27.5 Å². The van der Waals surface area contributed by atoms with Gasteiger partial charge in [0.2, 0.25) is 5.90 Å². The second kappa shape index (κ2) is 9.91. The van der Waals surface area contributed by atoms with E-state index >= 15 is 0 Å². The maximum atomic E-state index is 12.6. The van der Waals surface area contributed by atoms with Gasteiger partial charge in [0.05, 0.1) is 18.2 Å². The zero-order valence-electron chi connectivity index (χ0n) is 17.0. The van der Waals surface area contributed by atoms with Gasteiger partial charge in [0.1, 0.15) is 11.5 Å². The summed E-state index contributed by atoms with van der Waals surface area (Å²) < 4.78 is 17.8. The zero-order valence-corrected chi connectivity index (χ0v) is 20.9. The molecule has 1 aliphatic heterocycles. The van der Waals surface area contributed by atoms with Crippen LogP contribution in [-0.4, -0.2) is 24.9 Å². The molecule has 0 spiro atoms. The molecule has 166 valence electrons. The van der Waals surface area contributed by atoms with Gasteiger partial charge in [-0.1, -0.05) is 43.5 Å². The van der Waals surface area contributed by atoms with E-state index in [1.54, 1.807) is 60.7 Å². The fraction of sp³-hybridized carbons (Fsp3) is 0.0417. The molecule has 3 aromatic rings. The van der Waals surface area contributed by atoms with Crippen molar-refractivity contribution in [1.82, 2.24) is 0 Å². The van der Waals surface area contributed by atoms with Crippen LogP contribution in [0.2, 0.25) is 5.02 Å². The van der Waals surface area contributed by atoms with Crippen LogP contribution in [0.15, 0.2) is 80.3 Å². The molecule has 1 aliphatic rings. The first kappa shape index (κ1) is 23.2. The minimum atomic E-state index is -0.655. The van der Waals surface area contributed by atoms with E-state index in [0.717, 1.165) is 8.95 Å². The molecule has 0 aromatic heterocycles. The number of nitrogens with zero attached hydrogens (tertiary/aromatic N) is 1. The molecule has 0 atom stereocenters. The minimum absolute atomic E-state index is 0.0334. The van der Waals surface area contributed by atoms with Gasteiger partial charge in [0.15, 0.2) is 5.70 Å². The summed E-state index contributed by atoms with van der Waals surface area (Å²) in [5.74, 6) is -0.410. The Morgan fingerprint density at radius 3 is 2.42 bits per heavy atom. The van der Waals surface area contributed by atoms with Gasteiger partial charge < -0.3 is 14.2 Å². The van der Waals surface area contributed by atoms with Gasteiger partial charge in [-0.25, -0.2) is 14.6 Å². The van der Waals surface area contributed by atoms with E-state index in [-0.39, 0.29) is 17.3 Å². The van der Waals surface area contributed by atoms with Gasteiger partial charge in [-0.15, -0.1) is 0 Å². The molecule has 0 bridgehead atoms. The summed E-state index contributed by atoms with van der Waals surface area (Å²) in [6.07, 6.45) is 1.49. The molecular formula is C24H14Br2ClNO5. The van der Waals surface area contributed by atoms with Crippen molar-refractivity contribution in [3.63, 3.8) is 0 Å². The number of esters is 2. The number of benzene rings is 3. The molecule has 1 heterocycles. The number of carbonyl (C=O) groups excluding carboxylic acids is 2. The standard InChI is InChI=1S/C24H14Br2ClNO5/c1-31-21-9-7-17(27)12-18(21)22-28-19(24(30)33-22)11-14-10-16(26)6-8-20(14)32-23(29)13-2-4-15(25)5-3-13/h2-12H,1H3/b19-11-. The van der Waals surface area contributed by atoms with Gasteiger partial charge >= 0.3 is 11.9 Å². The van der Waals surface area contributed by atoms with Crippen molar-refractivity contribution >= 4 is 67.4 Å². The molecule has 0 aliphatic carbocycles. The molecule has 33 heavy (non-hydrogen) atoms. The molecule has 0 radical (unpaired) electrons. The maximum absolute atomic E-state index is 12.6. The van der Waals surface area contributed by atoms with Gasteiger partial charge in [0, 0.05) is 19.5 Å². The van der Waals surface area contributed by atoms with Crippen LogP contribution in [0.4, 0.5) is 0 Å². The molecule has 0 unspecified atom stereocenters. The Hall–Kier alpha value is -2.94. The number of aliphatic imine (C=N–C) groups is 1. The van der Waals surface area contributed by atoms with E-state index in [1.807, 2.05) is 0 Å².